The molecular weight excluding hydrogens is 443 g/mol. The predicted molar refractivity (Wildman–Crippen MR) is 124 cm³/mol. The fourth-order valence-corrected chi connectivity index (χ4v) is 4.07. The van der Waals surface area contributed by atoms with Gasteiger partial charge in [0.25, 0.3) is 5.89 Å². The van der Waals surface area contributed by atoms with E-state index >= 15 is 0 Å². The van der Waals surface area contributed by atoms with Crippen molar-refractivity contribution in [3.05, 3.63) is 107 Å². The van der Waals surface area contributed by atoms with Gasteiger partial charge in [-0.1, -0.05) is 65.3 Å². The maximum atomic E-state index is 13.6. The van der Waals surface area contributed by atoms with E-state index in [4.69, 9.17) is 16.1 Å². The molecule has 2 amide bonds. The number of nitrogens with zero attached hydrogens (tertiary/aromatic N) is 3. The van der Waals surface area contributed by atoms with Gasteiger partial charge in [-0.25, -0.2) is 9.18 Å². The van der Waals surface area contributed by atoms with Gasteiger partial charge in [-0.2, -0.15) is 4.98 Å². The van der Waals surface area contributed by atoms with Crippen molar-refractivity contribution in [1.82, 2.24) is 15.5 Å². The molecule has 4 aromatic rings. The lowest BCUT2D eigenvalue weighted by atomic mass is 9.94. The summed E-state index contributed by atoms with van der Waals surface area (Å²) in [5, 5.41) is 7.62. The van der Waals surface area contributed by atoms with Crippen LogP contribution < -0.4 is 10.2 Å². The molecule has 0 saturated carbocycles. The minimum Gasteiger partial charge on any atom is -0.334 e. The number of urea groups is 1. The molecule has 1 aliphatic heterocycles. The third-order valence-corrected chi connectivity index (χ3v) is 5.68. The highest BCUT2D eigenvalue weighted by molar-refractivity contribution is 6.31. The van der Waals surface area contributed by atoms with Gasteiger partial charge < -0.3 is 9.84 Å². The maximum Gasteiger partial charge on any atom is 0.326 e. The normalized spacial score (nSPS) is 16.2. The SMILES string of the molecule is CC1=C(c2nc(-c3ccccc3)no2)C(c2ccc(F)cc2)NC(=O)N1c1cccc(Cl)c1. The average molecular weight is 461 g/mol. The summed E-state index contributed by atoms with van der Waals surface area (Å²) in [4.78, 5) is 19.3. The lowest BCUT2D eigenvalue weighted by Crippen LogP contribution is -2.46. The van der Waals surface area contributed by atoms with Crippen LogP contribution in [0.4, 0.5) is 14.9 Å². The van der Waals surface area contributed by atoms with E-state index in [2.05, 4.69) is 15.5 Å². The second-order valence-electron chi connectivity index (χ2n) is 7.54. The van der Waals surface area contributed by atoms with Gasteiger partial charge in [0, 0.05) is 16.3 Å². The molecular formula is C25H18ClFN4O2. The number of halogens is 2. The summed E-state index contributed by atoms with van der Waals surface area (Å²) < 4.78 is 19.2. The van der Waals surface area contributed by atoms with Gasteiger partial charge in [0.05, 0.1) is 17.3 Å². The van der Waals surface area contributed by atoms with Crippen LogP contribution in [0.1, 0.15) is 24.4 Å². The van der Waals surface area contributed by atoms with Crippen molar-refractivity contribution in [3.8, 4) is 11.4 Å². The summed E-state index contributed by atoms with van der Waals surface area (Å²) in [6, 6.07) is 21.4. The number of amides is 2. The smallest absolute Gasteiger partial charge is 0.326 e. The first-order valence-corrected chi connectivity index (χ1v) is 10.6. The monoisotopic (exact) mass is 460 g/mol. The van der Waals surface area contributed by atoms with Crippen LogP contribution in [-0.4, -0.2) is 16.2 Å². The quantitative estimate of drug-likeness (QED) is 0.392. The second-order valence-corrected chi connectivity index (χ2v) is 7.97. The number of aromatic nitrogens is 2. The van der Waals surface area contributed by atoms with E-state index in [1.165, 1.54) is 17.0 Å². The van der Waals surface area contributed by atoms with E-state index in [1.807, 2.05) is 30.3 Å². The zero-order chi connectivity index (χ0) is 22.9. The van der Waals surface area contributed by atoms with E-state index < -0.39 is 6.04 Å². The van der Waals surface area contributed by atoms with Crippen molar-refractivity contribution < 1.29 is 13.7 Å². The molecule has 33 heavy (non-hydrogen) atoms. The minimum absolute atomic E-state index is 0.257. The Morgan fingerprint density at radius 1 is 1.03 bits per heavy atom. The Kier molecular flexibility index (Phi) is 5.40. The molecule has 6 nitrogen and oxygen atoms in total. The fourth-order valence-electron chi connectivity index (χ4n) is 3.89. The summed E-state index contributed by atoms with van der Waals surface area (Å²) >= 11 is 6.17. The molecule has 1 unspecified atom stereocenters. The van der Waals surface area contributed by atoms with Gasteiger partial charge in [-0.3, -0.25) is 4.90 Å². The number of benzene rings is 3. The third kappa shape index (κ3) is 3.99. The van der Waals surface area contributed by atoms with Crippen LogP contribution in [0.15, 0.2) is 89.1 Å². The number of nitrogens with one attached hydrogen (secondary N) is 1. The van der Waals surface area contributed by atoms with E-state index in [1.54, 1.807) is 43.3 Å². The molecule has 1 N–H and O–H groups in total. The Labute approximate surface area is 194 Å². The Bertz CT molecular complexity index is 1350. The highest BCUT2D eigenvalue weighted by atomic mass is 35.5. The molecule has 0 saturated heterocycles. The highest BCUT2D eigenvalue weighted by Crippen LogP contribution is 2.39. The summed E-state index contributed by atoms with van der Waals surface area (Å²) in [7, 11) is 0. The number of carbonyl (C=O) groups excluding carboxylic acids is 1. The molecule has 1 aromatic heterocycles. The van der Waals surface area contributed by atoms with Gasteiger partial charge in [0.2, 0.25) is 5.82 Å². The van der Waals surface area contributed by atoms with Crippen LogP contribution in [0.25, 0.3) is 17.0 Å². The molecule has 0 bridgehead atoms. The van der Waals surface area contributed by atoms with Crippen LogP contribution in [0.2, 0.25) is 5.02 Å². The fraction of sp³-hybridized carbons (Fsp3) is 0.0800. The number of carbonyl (C=O) groups is 1. The topological polar surface area (TPSA) is 71.3 Å². The molecule has 1 aliphatic rings. The highest BCUT2D eigenvalue weighted by Gasteiger charge is 2.36. The number of allylic oxidation sites excluding steroid dienone is 1. The lowest BCUT2D eigenvalue weighted by molar-refractivity contribution is 0.244. The van der Waals surface area contributed by atoms with Crippen LogP contribution in [0.5, 0.6) is 0 Å². The Morgan fingerprint density at radius 3 is 2.52 bits per heavy atom. The largest absolute Gasteiger partial charge is 0.334 e. The van der Waals surface area contributed by atoms with E-state index in [0.29, 0.717) is 33.4 Å². The molecule has 0 aliphatic carbocycles. The maximum absolute atomic E-state index is 13.6. The molecule has 2 heterocycles. The van der Waals surface area contributed by atoms with Crippen LogP contribution in [0.3, 0.4) is 0 Å². The number of rotatable bonds is 4. The molecule has 8 heteroatoms. The van der Waals surface area contributed by atoms with Gasteiger partial charge in [-0.05, 0) is 42.8 Å². The zero-order valence-corrected chi connectivity index (χ0v) is 18.3. The molecule has 1 atom stereocenters. The van der Waals surface area contributed by atoms with Crippen molar-refractivity contribution in [2.24, 2.45) is 0 Å². The van der Waals surface area contributed by atoms with E-state index in [0.717, 1.165) is 5.56 Å². The molecule has 0 spiro atoms. The molecule has 164 valence electrons. The zero-order valence-electron chi connectivity index (χ0n) is 17.5. The van der Waals surface area contributed by atoms with E-state index in [9.17, 15) is 9.18 Å². The summed E-state index contributed by atoms with van der Waals surface area (Å²) in [6.45, 7) is 1.80. The number of anilines is 1. The first-order chi connectivity index (χ1) is 16.0. The third-order valence-electron chi connectivity index (χ3n) is 5.44. The number of hydrogen-bond acceptors (Lipinski definition) is 4. The molecule has 5 rings (SSSR count). The van der Waals surface area contributed by atoms with Gasteiger partial charge in [0.1, 0.15) is 5.82 Å². The van der Waals surface area contributed by atoms with Crippen LogP contribution in [-0.2, 0) is 0 Å². The van der Waals surface area contributed by atoms with Crippen molar-refractivity contribution in [1.29, 1.82) is 0 Å². The summed E-state index contributed by atoms with van der Waals surface area (Å²) in [5.74, 6) is 0.315. The Hall–Kier alpha value is -3.97. The number of hydrogen-bond donors (Lipinski definition) is 1. The first kappa shape index (κ1) is 20.9. The van der Waals surface area contributed by atoms with Crippen molar-refractivity contribution in [2.45, 2.75) is 13.0 Å². The molecule has 0 radical (unpaired) electrons. The standard InChI is InChI=1S/C25H18ClFN4O2/c1-15-21(24-29-23(30-33-24)17-6-3-2-4-7-17)22(16-10-12-19(27)13-11-16)28-25(32)31(15)20-9-5-8-18(26)14-20/h2-14,22H,1H3,(H,28,32). The van der Waals surface area contributed by atoms with Crippen LogP contribution in [0, 0.1) is 5.82 Å². The van der Waals surface area contributed by atoms with Gasteiger partial charge in [0.15, 0.2) is 0 Å². The van der Waals surface area contributed by atoms with E-state index in [-0.39, 0.29) is 17.7 Å². The second kappa shape index (κ2) is 8.52. The predicted octanol–water partition coefficient (Wildman–Crippen LogP) is 6.23. The van der Waals surface area contributed by atoms with Gasteiger partial charge >= 0.3 is 6.03 Å². The van der Waals surface area contributed by atoms with Crippen molar-refractivity contribution >= 4 is 28.9 Å². The first-order valence-electron chi connectivity index (χ1n) is 10.2. The van der Waals surface area contributed by atoms with Crippen molar-refractivity contribution in [2.75, 3.05) is 4.90 Å². The molecule has 3 aromatic carbocycles. The minimum atomic E-state index is -0.613. The summed E-state index contributed by atoms with van der Waals surface area (Å²) in [6.07, 6.45) is 0. The molecule has 0 fully saturated rings. The van der Waals surface area contributed by atoms with Gasteiger partial charge in [-0.15, -0.1) is 0 Å². The Balaban J connectivity index is 1.66. The van der Waals surface area contributed by atoms with Crippen LogP contribution >= 0.6 is 11.6 Å². The van der Waals surface area contributed by atoms with Crippen molar-refractivity contribution in [3.63, 3.8) is 0 Å². The Morgan fingerprint density at radius 2 is 1.79 bits per heavy atom. The lowest BCUT2D eigenvalue weighted by Gasteiger charge is -2.35. The average Bonchev–Trinajstić information content (AvgIpc) is 3.30. The summed E-state index contributed by atoms with van der Waals surface area (Å²) in [5.41, 5.74) is 3.28.